The number of anilines is 1. The summed E-state index contributed by atoms with van der Waals surface area (Å²) in [5.74, 6) is -0.231. The van der Waals surface area contributed by atoms with Crippen molar-refractivity contribution >= 4 is 28.7 Å². The number of aryl methyl sites for hydroxylation is 2. The zero-order chi connectivity index (χ0) is 35.5. The standard InChI is InChI=1S/C38H45N9O4/c1-44-33-20-25(14-15-31(33)47(38(44)51)32-16-17-35(49)41-37(32)50)10-5-3-2-4-8-18-45-19-9-11-27(24-45)46-23-26(22-40-46)29-21-30(42-43-36(29)39)28-12-6-7-13-34(28)48/h6-7,12-15,20-23,27,32,48H,2-5,8-11,16-19,24H2,1H3,(H2,39,43)(H,41,49,50). The zero-order valence-corrected chi connectivity index (χ0v) is 29.0. The van der Waals surface area contributed by atoms with E-state index in [0.717, 1.165) is 80.3 Å². The highest BCUT2D eigenvalue weighted by atomic mass is 16.3. The molecule has 2 amide bonds. The molecule has 51 heavy (non-hydrogen) atoms. The second-order valence-electron chi connectivity index (χ2n) is 13.9. The molecule has 4 N–H and O–H groups in total. The van der Waals surface area contributed by atoms with E-state index in [0.29, 0.717) is 29.5 Å². The molecule has 0 saturated carbocycles. The van der Waals surface area contributed by atoms with Gasteiger partial charge in [-0.1, -0.05) is 37.5 Å². The molecule has 5 heterocycles. The Labute approximate surface area is 296 Å². The number of hydrogen-bond donors (Lipinski definition) is 3. The monoisotopic (exact) mass is 691 g/mol. The first-order valence-electron chi connectivity index (χ1n) is 18.0. The molecule has 0 aliphatic carbocycles. The van der Waals surface area contributed by atoms with Gasteiger partial charge in [0.1, 0.15) is 11.8 Å². The van der Waals surface area contributed by atoms with Crippen LogP contribution in [0.1, 0.15) is 75.4 Å². The number of aromatic nitrogens is 6. The number of nitrogens with zero attached hydrogens (tertiary/aromatic N) is 7. The first-order chi connectivity index (χ1) is 24.8. The maximum atomic E-state index is 13.1. The molecule has 0 spiro atoms. The summed E-state index contributed by atoms with van der Waals surface area (Å²) in [7, 11) is 1.74. The number of para-hydroxylation sites is 1. The third-order valence-corrected chi connectivity index (χ3v) is 10.4. The molecule has 3 aromatic heterocycles. The van der Waals surface area contributed by atoms with E-state index in [9.17, 15) is 19.5 Å². The Morgan fingerprint density at radius 2 is 1.76 bits per heavy atom. The lowest BCUT2D eigenvalue weighted by molar-refractivity contribution is -0.135. The molecule has 13 heteroatoms. The number of nitrogen functional groups attached to an aromatic ring is 1. The number of rotatable bonds is 12. The number of benzene rings is 2. The minimum absolute atomic E-state index is 0.145. The molecule has 266 valence electrons. The number of unbranched alkanes of at least 4 members (excludes halogenated alkanes) is 4. The fourth-order valence-corrected chi connectivity index (χ4v) is 7.57. The number of aromatic hydroxyl groups is 1. The van der Waals surface area contributed by atoms with E-state index in [1.165, 1.54) is 23.0 Å². The van der Waals surface area contributed by atoms with Crippen molar-refractivity contribution in [2.45, 2.75) is 76.3 Å². The van der Waals surface area contributed by atoms with Gasteiger partial charge >= 0.3 is 5.69 Å². The molecule has 7 rings (SSSR count). The molecule has 13 nitrogen and oxygen atoms in total. The van der Waals surface area contributed by atoms with E-state index in [2.05, 4.69) is 37.2 Å². The molecular formula is C38H45N9O4. The van der Waals surface area contributed by atoms with E-state index >= 15 is 0 Å². The number of nitrogens with one attached hydrogen (secondary N) is 1. The maximum absolute atomic E-state index is 13.1. The average Bonchev–Trinajstić information content (AvgIpc) is 3.72. The Bertz CT molecular complexity index is 2120. The second kappa shape index (κ2) is 14.9. The molecule has 0 bridgehead atoms. The normalized spacial score (nSPS) is 18.4. The molecule has 2 saturated heterocycles. The van der Waals surface area contributed by atoms with Gasteiger partial charge in [-0.25, -0.2) is 4.79 Å². The van der Waals surface area contributed by atoms with Gasteiger partial charge in [0.2, 0.25) is 11.8 Å². The Kier molecular flexibility index (Phi) is 9.98. The number of fused-ring (bicyclic) bond motifs is 1. The number of hydrogen-bond acceptors (Lipinski definition) is 9. The van der Waals surface area contributed by atoms with Crippen LogP contribution in [0.3, 0.4) is 0 Å². The van der Waals surface area contributed by atoms with Gasteiger partial charge in [-0.3, -0.25) is 28.7 Å². The van der Waals surface area contributed by atoms with Gasteiger partial charge in [0, 0.05) is 42.9 Å². The predicted molar refractivity (Wildman–Crippen MR) is 195 cm³/mol. The lowest BCUT2D eigenvalue weighted by Gasteiger charge is -2.32. The third-order valence-electron chi connectivity index (χ3n) is 10.4. The molecule has 2 aliphatic rings. The van der Waals surface area contributed by atoms with Gasteiger partial charge in [-0.15, -0.1) is 10.2 Å². The lowest BCUT2D eigenvalue weighted by atomic mass is 10.0. The summed E-state index contributed by atoms with van der Waals surface area (Å²) in [5, 5.41) is 25.7. The van der Waals surface area contributed by atoms with Crippen molar-refractivity contribution in [2.24, 2.45) is 7.05 Å². The van der Waals surface area contributed by atoms with Crippen molar-refractivity contribution in [3.8, 4) is 28.1 Å². The fraction of sp³-hybridized carbons (Fsp3) is 0.421. The number of amides is 2. The van der Waals surface area contributed by atoms with Crippen LogP contribution in [-0.4, -0.2) is 70.6 Å². The summed E-state index contributed by atoms with van der Waals surface area (Å²) in [5.41, 5.74) is 11.5. The van der Waals surface area contributed by atoms with Gasteiger partial charge in [-0.05, 0) is 87.5 Å². The SMILES string of the molecule is Cn1c(=O)n(C2CCC(=O)NC2=O)c2ccc(CCCCCCCN3CCCC(n4cc(-c5cc(-c6ccccc6O)nnc5N)cn4)C3)cc21. The molecule has 2 fully saturated rings. The highest BCUT2D eigenvalue weighted by Gasteiger charge is 2.31. The van der Waals surface area contributed by atoms with Gasteiger partial charge in [0.15, 0.2) is 5.82 Å². The summed E-state index contributed by atoms with van der Waals surface area (Å²) >= 11 is 0. The molecule has 5 aromatic rings. The van der Waals surface area contributed by atoms with Crippen molar-refractivity contribution in [2.75, 3.05) is 25.4 Å². The summed E-state index contributed by atoms with van der Waals surface area (Å²) < 4.78 is 5.19. The van der Waals surface area contributed by atoms with Crippen molar-refractivity contribution in [1.29, 1.82) is 0 Å². The van der Waals surface area contributed by atoms with Crippen LogP contribution < -0.4 is 16.7 Å². The largest absolute Gasteiger partial charge is 0.507 e. The number of likely N-dealkylation sites (tertiary alicyclic amines) is 1. The van der Waals surface area contributed by atoms with Crippen molar-refractivity contribution < 1.29 is 14.7 Å². The number of phenols is 1. The highest BCUT2D eigenvalue weighted by Crippen LogP contribution is 2.33. The van der Waals surface area contributed by atoms with Crippen LogP contribution in [0.2, 0.25) is 0 Å². The number of nitrogens with two attached hydrogens (primary N) is 1. The number of imidazole rings is 1. The van der Waals surface area contributed by atoms with Gasteiger partial charge in [-0.2, -0.15) is 5.10 Å². The van der Waals surface area contributed by atoms with Crippen LogP contribution >= 0.6 is 0 Å². The lowest BCUT2D eigenvalue weighted by Crippen LogP contribution is -2.44. The summed E-state index contributed by atoms with van der Waals surface area (Å²) in [6.07, 6.45) is 13.3. The number of phenolic OH excluding ortho intramolecular Hbond substituents is 1. The zero-order valence-electron chi connectivity index (χ0n) is 29.0. The minimum atomic E-state index is -0.666. The maximum Gasteiger partial charge on any atom is 0.329 e. The van der Waals surface area contributed by atoms with Crippen LogP contribution in [-0.2, 0) is 23.1 Å². The number of carbonyl (C=O) groups excluding carboxylic acids is 2. The van der Waals surface area contributed by atoms with Crippen molar-refractivity contribution in [3.63, 3.8) is 0 Å². The molecule has 0 radical (unpaired) electrons. The average molecular weight is 692 g/mol. The fourth-order valence-electron chi connectivity index (χ4n) is 7.57. The predicted octanol–water partition coefficient (Wildman–Crippen LogP) is 4.76. The Morgan fingerprint density at radius 3 is 2.61 bits per heavy atom. The first-order valence-corrected chi connectivity index (χ1v) is 18.0. The molecule has 2 aliphatic heterocycles. The summed E-state index contributed by atoms with van der Waals surface area (Å²) in [6.45, 7) is 3.14. The molecular weight excluding hydrogens is 646 g/mol. The topological polar surface area (TPSA) is 166 Å². The summed E-state index contributed by atoms with van der Waals surface area (Å²) in [6, 6.07) is 14.6. The number of carbonyl (C=O) groups is 2. The Morgan fingerprint density at radius 1 is 0.941 bits per heavy atom. The van der Waals surface area contributed by atoms with Crippen LogP contribution in [0, 0.1) is 0 Å². The van der Waals surface area contributed by atoms with E-state index < -0.39 is 11.9 Å². The highest BCUT2D eigenvalue weighted by molar-refractivity contribution is 6.00. The number of piperidine rings is 2. The van der Waals surface area contributed by atoms with Crippen LogP contribution in [0.5, 0.6) is 5.75 Å². The third kappa shape index (κ3) is 7.29. The smallest absolute Gasteiger partial charge is 0.329 e. The van der Waals surface area contributed by atoms with Crippen LogP contribution in [0.15, 0.2) is 65.7 Å². The Hall–Kier alpha value is -5.30. The minimum Gasteiger partial charge on any atom is -0.507 e. The van der Waals surface area contributed by atoms with E-state index in [-0.39, 0.29) is 23.8 Å². The van der Waals surface area contributed by atoms with Gasteiger partial charge in [0.25, 0.3) is 0 Å². The quantitative estimate of drug-likeness (QED) is 0.124. The van der Waals surface area contributed by atoms with Crippen molar-refractivity contribution in [1.82, 2.24) is 39.3 Å². The van der Waals surface area contributed by atoms with Crippen LogP contribution in [0.25, 0.3) is 33.4 Å². The van der Waals surface area contributed by atoms with Crippen LogP contribution in [0.4, 0.5) is 5.82 Å². The first kappa shape index (κ1) is 34.2. The van der Waals surface area contributed by atoms with Gasteiger partial charge < -0.3 is 15.7 Å². The Balaban J connectivity index is 0.868. The van der Waals surface area contributed by atoms with E-state index in [1.807, 2.05) is 30.6 Å². The number of imide groups is 1. The van der Waals surface area contributed by atoms with E-state index in [1.54, 1.807) is 29.8 Å². The van der Waals surface area contributed by atoms with Crippen molar-refractivity contribution in [3.05, 3.63) is 77.0 Å². The molecule has 2 atom stereocenters. The van der Waals surface area contributed by atoms with E-state index in [4.69, 9.17) is 10.8 Å². The van der Waals surface area contributed by atoms with Gasteiger partial charge in [0.05, 0.1) is 29.0 Å². The molecule has 2 unspecified atom stereocenters. The second-order valence-corrected chi connectivity index (χ2v) is 13.9. The summed E-state index contributed by atoms with van der Waals surface area (Å²) in [4.78, 5) is 39.7. The molecule has 2 aromatic carbocycles.